The van der Waals surface area contributed by atoms with E-state index < -0.39 is 0 Å². The molecule has 1 aromatic heterocycles. The second-order valence-electron chi connectivity index (χ2n) is 8.72. The maximum atomic E-state index is 12.5. The summed E-state index contributed by atoms with van der Waals surface area (Å²) in [6.45, 7) is 9.01. The van der Waals surface area contributed by atoms with E-state index in [-0.39, 0.29) is 11.9 Å². The van der Waals surface area contributed by atoms with Crippen LogP contribution >= 0.6 is 11.8 Å². The fraction of sp³-hybridized carbons (Fsp3) is 0.423. The highest BCUT2D eigenvalue weighted by molar-refractivity contribution is 7.99. The van der Waals surface area contributed by atoms with Gasteiger partial charge in [0.2, 0.25) is 5.91 Å². The Morgan fingerprint density at radius 3 is 2.88 bits per heavy atom. The molecular weight excluding hydrogens is 432 g/mol. The Hall–Kier alpha value is -2.80. The highest BCUT2D eigenvalue weighted by Crippen LogP contribution is 2.28. The first kappa shape index (κ1) is 23.4. The van der Waals surface area contributed by atoms with Crippen LogP contribution < -0.4 is 10.1 Å². The normalized spacial score (nSPS) is 18.2. The molecule has 1 saturated carbocycles. The van der Waals surface area contributed by atoms with Gasteiger partial charge in [-0.2, -0.15) is 0 Å². The number of amides is 1. The fourth-order valence-electron chi connectivity index (χ4n) is 4.46. The van der Waals surface area contributed by atoms with Gasteiger partial charge in [0.1, 0.15) is 12.4 Å². The summed E-state index contributed by atoms with van der Waals surface area (Å²) in [5.41, 5.74) is 1.10. The molecule has 0 unspecified atom stereocenters. The molecule has 0 spiro atoms. The molecule has 1 aliphatic rings. The molecule has 6 nitrogen and oxygen atoms in total. The first-order valence-corrected chi connectivity index (χ1v) is 12.6. The number of nitrogens with zero attached hydrogens (tertiary/aromatic N) is 3. The van der Waals surface area contributed by atoms with Crippen LogP contribution in [0.5, 0.6) is 5.75 Å². The van der Waals surface area contributed by atoms with Gasteiger partial charge in [-0.15, -0.1) is 16.8 Å². The highest BCUT2D eigenvalue weighted by Gasteiger charge is 2.23. The van der Waals surface area contributed by atoms with Crippen molar-refractivity contribution in [3.05, 3.63) is 60.4 Å². The molecule has 174 valence electrons. The lowest BCUT2D eigenvalue weighted by Gasteiger charge is -2.29. The number of carbonyl (C=O) groups excluding carboxylic acids is 1. The third-order valence-electron chi connectivity index (χ3n) is 6.40. The van der Waals surface area contributed by atoms with E-state index in [0.29, 0.717) is 35.8 Å². The summed E-state index contributed by atoms with van der Waals surface area (Å²) in [6.07, 6.45) is 6.51. The van der Waals surface area contributed by atoms with Gasteiger partial charge in [0, 0.05) is 12.6 Å². The molecule has 1 heterocycles. The third-order valence-corrected chi connectivity index (χ3v) is 7.37. The van der Waals surface area contributed by atoms with Gasteiger partial charge >= 0.3 is 0 Å². The second kappa shape index (κ2) is 10.9. The van der Waals surface area contributed by atoms with Crippen LogP contribution in [0.1, 0.15) is 44.0 Å². The van der Waals surface area contributed by atoms with Gasteiger partial charge in [-0.05, 0) is 48.1 Å². The zero-order chi connectivity index (χ0) is 23.2. The van der Waals surface area contributed by atoms with Crippen LogP contribution in [0, 0.1) is 12.8 Å². The number of aryl methyl sites for hydroxylation is 1. The molecule has 2 aromatic carbocycles. The molecule has 1 N–H and O–H groups in total. The number of thioether (sulfide) groups is 1. The van der Waals surface area contributed by atoms with E-state index in [1.807, 2.05) is 28.8 Å². The highest BCUT2D eigenvalue weighted by atomic mass is 32.2. The number of benzene rings is 2. The minimum absolute atomic E-state index is 0.0523. The minimum atomic E-state index is 0.0523. The van der Waals surface area contributed by atoms with Crippen molar-refractivity contribution in [1.82, 2.24) is 20.1 Å². The average molecular weight is 465 g/mol. The zero-order valence-electron chi connectivity index (χ0n) is 19.4. The van der Waals surface area contributed by atoms with E-state index in [1.165, 1.54) is 41.8 Å². The molecule has 1 amide bonds. The minimum Gasteiger partial charge on any atom is -0.485 e. The summed E-state index contributed by atoms with van der Waals surface area (Å²) < 4.78 is 8.09. The molecule has 7 heteroatoms. The van der Waals surface area contributed by atoms with E-state index in [2.05, 4.69) is 54.1 Å². The van der Waals surface area contributed by atoms with Crippen molar-refractivity contribution < 1.29 is 9.53 Å². The largest absolute Gasteiger partial charge is 0.485 e. The Morgan fingerprint density at radius 1 is 1.24 bits per heavy atom. The maximum Gasteiger partial charge on any atom is 0.230 e. The van der Waals surface area contributed by atoms with Crippen molar-refractivity contribution in [2.24, 2.45) is 5.92 Å². The summed E-state index contributed by atoms with van der Waals surface area (Å²) >= 11 is 1.41. The fourth-order valence-corrected chi connectivity index (χ4v) is 5.24. The van der Waals surface area contributed by atoms with Crippen LogP contribution in [-0.2, 0) is 17.9 Å². The first-order chi connectivity index (χ1) is 16.1. The predicted molar refractivity (Wildman–Crippen MR) is 134 cm³/mol. The Labute approximate surface area is 199 Å². The van der Waals surface area contributed by atoms with Crippen LogP contribution in [0.2, 0.25) is 0 Å². The van der Waals surface area contributed by atoms with Gasteiger partial charge < -0.3 is 10.1 Å². The number of ether oxygens (including phenoxy) is 1. The zero-order valence-corrected chi connectivity index (χ0v) is 20.2. The predicted octanol–water partition coefficient (Wildman–Crippen LogP) is 5.29. The van der Waals surface area contributed by atoms with Crippen molar-refractivity contribution in [1.29, 1.82) is 0 Å². The van der Waals surface area contributed by atoms with Gasteiger partial charge in [-0.25, -0.2) is 0 Å². The number of nitrogens with one attached hydrogen (secondary N) is 1. The van der Waals surface area contributed by atoms with Crippen molar-refractivity contribution in [3.63, 3.8) is 0 Å². The number of fused-ring (bicyclic) bond motifs is 1. The molecule has 0 bridgehead atoms. The molecule has 0 radical (unpaired) electrons. The van der Waals surface area contributed by atoms with E-state index in [9.17, 15) is 4.79 Å². The van der Waals surface area contributed by atoms with Crippen LogP contribution in [0.25, 0.3) is 10.8 Å². The molecule has 0 saturated heterocycles. The molecule has 1 aliphatic carbocycles. The lowest BCUT2D eigenvalue weighted by atomic mass is 9.86. The summed E-state index contributed by atoms with van der Waals surface area (Å²) in [6, 6.07) is 12.6. The number of hydrogen-bond donors (Lipinski definition) is 1. The van der Waals surface area contributed by atoms with E-state index >= 15 is 0 Å². The standard InChI is InChI=1S/C26H32N4O2S/c1-4-15-30-24(16-32-23-14-13-20-10-6-7-11-21(20)19(23)3)28-29-26(30)33-17-25(31)27-22-12-8-5-9-18(22)2/h4,6-7,10-11,13-14,18,22H,1,5,8-9,12,15-17H2,2-3H3,(H,27,31)/t18-,22-/m1/s1. The van der Waals surface area contributed by atoms with Gasteiger partial charge in [0.05, 0.1) is 5.75 Å². The number of aromatic nitrogens is 3. The quantitative estimate of drug-likeness (QED) is 0.344. The summed E-state index contributed by atoms with van der Waals surface area (Å²) in [5, 5.41) is 14.9. The summed E-state index contributed by atoms with van der Waals surface area (Å²) in [5.74, 6) is 2.46. The first-order valence-electron chi connectivity index (χ1n) is 11.6. The Morgan fingerprint density at radius 2 is 2.06 bits per heavy atom. The Bertz CT molecular complexity index is 1130. The van der Waals surface area contributed by atoms with Gasteiger partial charge in [-0.3, -0.25) is 9.36 Å². The number of carbonyl (C=O) groups is 1. The van der Waals surface area contributed by atoms with E-state index in [0.717, 1.165) is 17.7 Å². The van der Waals surface area contributed by atoms with Crippen molar-refractivity contribution >= 4 is 28.4 Å². The van der Waals surface area contributed by atoms with Crippen LogP contribution in [0.4, 0.5) is 0 Å². The molecule has 4 rings (SSSR count). The molecule has 3 aromatic rings. The van der Waals surface area contributed by atoms with Crippen LogP contribution in [0.15, 0.2) is 54.2 Å². The van der Waals surface area contributed by atoms with Gasteiger partial charge in [0.15, 0.2) is 11.0 Å². The number of rotatable bonds is 9. The van der Waals surface area contributed by atoms with Gasteiger partial charge in [0.25, 0.3) is 0 Å². The average Bonchev–Trinajstić information content (AvgIpc) is 3.21. The number of hydrogen-bond acceptors (Lipinski definition) is 5. The third kappa shape index (κ3) is 5.58. The molecular formula is C26H32N4O2S. The molecule has 2 atom stereocenters. The number of allylic oxidation sites excluding steroid dienone is 1. The second-order valence-corrected chi connectivity index (χ2v) is 9.66. The Kier molecular flexibility index (Phi) is 7.70. The monoisotopic (exact) mass is 464 g/mol. The van der Waals surface area contributed by atoms with Crippen LogP contribution in [0.3, 0.4) is 0 Å². The lowest BCUT2D eigenvalue weighted by Crippen LogP contribution is -2.41. The van der Waals surface area contributed by atoms with Crippen LogP contribution in [-0.4, -0.2) is 32.5 Å². The molecule has 1 fully saturated rings. The van der Waals surface area contributed by atoms with E-state index in [4.69, 9.17) is 4.74 Å². The van der Waals surface area contributed by atoms with Crippen molar-refractivity contribution in [3.8, 4) is 5.75 Å². The SMILES string of the molecule is C=CCn1c(COc2ccc3ccccc3c2C)nnc1SCC(=O)N[C@@H]1CCCC[C@H]1C. The lowest BCUT2D eigenvalue weighted by molar-refractivity contribution is -0.119. The summed E-state index contributed by atoms with van der Waals surface area (Å²) in [4.78, 5) is 12.5. The molecule has 33 heavy (non-hydrogen) atoms. The summed E-state index contributed by atoms with van der Waals surface area (Å²) in [7, 11) is 0. The topological polar surface area (TPSA) is 69.0 Å². The smallest absolute Gasteiger partial charge is 0.230 e. The van der Waals surface area contributed by atoms with E-state index in [1.54, 1.807) is 0 Å². The maximum absolute atomic E-state index is 12.5. The van der Waals surface area contributed by atoms with Gasteiger partial charge in [-0.1, -0.05) is 67.9 Å². The Balaban J connectivity index is 1.40. The van der Waals surface area contributed by atoms with Crippen molar-refractivity contribution in [2.75, 3.05) is 5.75 Å². The van der Waals surface area contributed by atoms with Crippen molar-refractivity contribution in [2.45, 2.75) is 63.9 Å². The molecule has 0 aliphatic heterocycles.